The second-order valence-corrected chi connectivity index (χ2v) is 6.41. The van der Waals surface area contributed by atoms with E-state index in [2.05, 4.69) is 12.2 Å². The van der Waals surface area contributed by atoms with Crippen molar-refractivity contribution < 1.29 is 14.3 Å². The Kier molecular flexibility index (Phi) is 3.72. The molecule has 0 spiro atoms. The monoisotopic (exact) mass is 287 g/mol. The first-order chi connectivity index (χ1) is 10.1. The van der Waals surface area contributed by atoms with Gasteiger partial charge in [-0.2, -0.15) is 0 Å². The van der Waals surface area contributed by atoms with Crippen molar-refractivity contribution in [1.29, 1.82) is 0 Å². The summed E-state index contributed by atoms with van der Waals surface area (Å²) in [5.41, 5.74) is 2.22. The molecular weight excluding hydrogens is 266 g/mol. The molecule has 1 heterocycles. The van der Waals surface area contributed by atoms with Crippen LogP contribution in [0, 0.1) is 5.41 Å². The van der Waals surface area contributed by atoms with Gasteiger partial charge in [-0.1, -0.05) is 25.8 Å². The number of nitrogens with one attached hydrogen (secondary N) is 1. The molecule has 0 amide bonds. The zero-order valence-corrected chi connectivity index (χ0v) is 12.3. The number of rotatable bonds is 5. The molecule has 2 aromatic rings. The first-order valence-corrected chi connectivity index (χ1v) is 7.52. The lowest BCUT2D eigenvalue weighted by atomic mass is 9.89. The van der Waals surface area contributed by atoms with E-state index in [1.54, 1.807) is 6.07 Å². The fraction of sp³-hybridized carbons (Fsp3) is 0.471. The minimum Gasteiger partial charge on any atom is -0.475 e. The van der Waals surface area contributed by atoms with Crippen LogP contribution in [0.5, 0.6) is 0 Å². The van der Waals surface area contributed by atoms with Gasteiger partial charge in [0.15, 0.2) is 0 Å². The van der Waals surface area contributed by atoms with Crippen LogP contribution in [-0.4, -0.2) is 17.6 Å². The van der Waals surface area contributed by atoms with Crippen LogP contribution in [0.4, 0.5) is 0 Å². The number of hydrogen-bond acceptors (Lipinski definition) is 3. The quantitative estimate of drug-likeness (QED) is 0.878. The first kappa shape index (κ1) is 14.1. The number of carbonyl (C=O) groups is 1. The molecule has 0 atom stereocenters. The second-order valence-electron chi connectivity index (χ2n) is 6.41. The van der Waals surface area contributed by atoms with E-state index in [4.69, 9.17) is 9.52 Å². The van der Waals surface area contributed by atoms with Gasteiger partial charge in [0.05, 0.1) is 0 Å². The summed E-state index contributed by atoms with van der Waals surface area (Å²) in [5.74, 6) is -1.03. The summed E-state index contributed by atoms with van der Waals surface area (Å²) in [6, 6.07) is 7.41. The Balaban J connectivity index is 1.65. The molecule has 112 valence electrons. The summed E-state index contributed by atoms with van der Waals surface area (Å²) >= 11 is 0. The van der Waals surface area contributed by atoms with Crippen LogP contribution in [0.2, 0.25) is 0 Å². The maximum Gasteiger partial charge on any atom is 0.371 e. The average Bonchev–Trinajstić information content (AvgIpc) is 3.05. The van der Waals surface area contributed by atoms with E-state index in [-0.39, 0.29) is 5.76 Å². The third kappa shape index (κ3) is 3.10. The smallest absolute Gasteiger partial charge is 0.371 e. The summed E-state index contributed by atoms with van der Waals surface area (Å²) < 4.78 is 5.27. The highest BCUT2D eigenvalue weighted by Gasteiger charge is 2.27. The van der Waals surface area contributed by atoms with E-state index < -0.39 is 5.97 Å². The molecule has 1 saturated carbocycles. The Bertz CT molecular complexity index is 653. The Morgan fingerprint density at radius 3 is 2.81 bits per heavy atom. The highest BCUT2D eigenvalue weighted by Crippen LogP contribution is 2.36. The molecule has 4 nitrogen and oxygen atoms in total. The average molecular weight is 287 g/mol. The lowest BCUT2D eigenvalue weighted by molar-refractivity contribution is 0.0665. The van der Waals surface area contributed by atoms with Gasteiger partial charge in [-0.3, -0.25) is 0 Å². The molecule has 1 aliphatic rings. The second kappa shape index (κ2) is 5.53. The van der Waals surface area contributed by atoms with Gasteiger partial charge in [0.25, 0.3) is 0 Å². The molecule has 0 aliphatic heterocycles. The van der Waals surface area contributed by atoms with Gasteiger partial charge in [-0.05, 0) is 42.0 Å². The zero-order valence-electron chi connectivity index (χ0n) is 12.3. The largest absolute Gasteiger partial charge is 0.475 e. The van der Waals surface area contributed by atoms with E-state index in [1.165, 1.54) is 25.7 Å². The number of carboxylic acid groups (broad SMARTS) is 1. The van der Waals surface area contributed by atoms with Gasteiger partial charge in [0.1, 0.15) is 5.58 Å². The van der Waals surface area contributed by atoms with Crippen molar-refractivity contribution in [2.24, 2.45) is 5.41 Å². The van der Waals surface area contributed by atoms with E-state index >= 15 is 0 Å². The summed E-state index contributed by atoms with van der Waals surface area (Å²) in [5, 5.41) is 13.3. The van der Waals surface area contributed by atoms with Crippen molar-refractivity contribution in [1.82, 2.24) is 5.32 Å². The topological polar surface area (TPSA) is 62.5 Å². The van der Waals surface area contributed by atoms with Gasteiger partial charge < -0.3 is 14.8 Å². The number of hydrogen-bond donors (Lipinski definition) is 2. The van der Waals surface area contributed by atoms with Crippen LogP contribution >= 0.6 is 0 Å². The van der Waals surface area contributed by atoms with Crippen LogP contribution < -0.4 is 5.32 Å². The number of carboxylic acids is 1. The number of fused-ring (bicyclic) bond motifs is 1. The molecule has 0 saturated heterocycles. The summed E-state index contributed by atoms with van der Waals surface area (Å²) in [6.45, 7) is 4.20. The third-order valence-corrected chi connectivity index (χ3v) is 4.48. The highest BCUT2D eigenvalue weighted by molar-refractivity contribution is 5.91. The third-order valence-electron chi connectivity index (χ3n) is 4.48. The van der Waals surface area contributed by atoms with E-state index in [1.807, 2.05) is 18.2 Å². The van der Waals surface area contributed by atoms with Crippen LogP contribution in [0.3, 0.4) is 0 Å². The minimum atomic E-state index is -1.03. The van der Waals surface area contributed by atoms with Crippen molar-refractivity contribution in [3.63, 3.8) is 0 Å². The fourth-order valence-corrected chi connectivity index (χ4v) is 3.22. The Hall–Kier alpha value is -1.81. The fourth-order valence-electron chi connectivity index (χ4n) is 3.22. The van der Waals surface area contributed by atoms with Gasteiger partial charge >= 0.3 is 5.97 Å². The summed E-state index contributed by atoms with van der Waals surface area (Å²) in [6.07, 6.45) is 5.31. The molecule has 3 rings (SSSR count). The Morgan fingerprint density at radius 2 is 2.10 bits per heavy atom. The highest BCUT2D eigenvalue weighted by atomic mass is 16.4. The summed E-state index contributed by atoms with van der Waals surface area (Å²) in [7, 11) is 0. The molecular formula is C17H21NO3. The van der Waals surface area contributed by atoms with E-state index in [0.29, 0.717) is 11.0 Å². The normalized spacial score (nSPS) is 17.4. The van der Waals surface area contributed by atoms with Crippen LogP contribution in [-0.2, 0) is 6.54 Å². The maximum atomic E-state index is 10.9. The van der Waals surface area contributed by atoms with Crippen molar-refractivity contribution in [3.8, 4) is 0 Å². The van der Waals surface area contributed by atoms with Gasteiger partial charge in [-0.15, -0.1) is 0 Å². The number of benzene rings is 1. The van der Waals surface area contributed by atoms with E-state index in [0.717, 1.165) is 24.0 Å². The molecule has 0 bridgehead atoms. The minimum absolute atomic E-state index is 0.00595. The molecule has 21 heavy (non-hydrogen) atoms. The standard InChI is InChI=1S/C17H21NO3/c1-17(6-2-3-7-17)11-18-10-12-4-5-14-13(8-12)9-15(21-14)16(19)20/h4-5,8-9,18H,2-3,6-7,10-11H2,1H3,(H,19,20). The van der Waals surface area contributed by atoms with Crippen LogP contribution in [0.25, 0.3) is 11.0 Å². The van der Waals surface area contributed by atoms with Crippen LogP contribution in [0.15, 0.2) is 28.7 Å². The van der Waals surface area contributed by atoms with Gasteiger partial charge in [0.2, 0.25) is 5.76 Å². The van der Waals surface area contributed by atoms with Gasteiger partial charge in [-0.25, -0.2) is 4.79 Å². The number of furan rings is 1. The predicted molar refractivity (Wildman–Crippen MR) is 81.5 cm³/mol. The molecule has 1 aromatic heterocycles. The molecule has 1 fully saturated rings. The van der Waals surface area contributed by atoms with Crippen molar-refractivity contribution >= 4 is 16.9 Å². The Labute approximate surface area is 124 Å². The predicted octanol–water partition coefficient (Wildman–Crippen LogP) is 3.80. The van der Waals surface area contributed by atoms with Crippen molar-refractivity contribution in [2.45, 2.75) is 39.2 Å². The molecule has 0 unspecified atom stereocenters. The SMILES string of the molecule is CC1(CNCc2ccc3oc(C(=O)O)cc3c2)CCCC1. The molecule has 1 aromatic carbocycles. The maximum absolute atomic E-state index is 10.9. The lowest BCUT2D eigenvalue weighted by Crippen LogP contribution is -2.29. The molecule has 1 aliphatic carbocycles. The van der Waals surface area contributed by atoms with Gasteiger partial charge in [0, 0.05) is 18.5 Å². The lowest BCUT2D eigenvalue weighted by Gasteiger charge is -2.23. The number of aromatic carboxylic acids is 1. The van der Waals surface area contributed by atoms with Crippen LogP contribution in [0.1, 0.15) is 48.7 Å². The molecule has 2 N–H and O–H groups in total. The molecule has 0 radical (unpaired) electrons. The Morgan fingerprint density at radius 1 is 1.33 bits per heavy atom. The van der Waals surface area contributed by atoms with E-state index in [9.17, 15) is 4.79 Å². The molecule has 4 heteroatoms. The summed E-state index contributed by atoms with van der Waals surface area (Å²) in [4.78, 5) is 10.9. The zero-order chi connectivity index (χ0) is 14.9. The first-order valence-electron chi connectivity index (χ1n) is 7.52. The van der Waals surface area contributed by atoms with Crippen molar-refractivity contribution in [3.05, 3.63) is 35.6 Å². The van der Waals surface area contributed by atoms with Crippen molar-refractivity contribution in [2.75, 3.05) is 6.54 Å².